The number of nitrogens with one attached hydrogen (secondary N) is 1. The van der Waals surface area contributed by atoms with E-state index in [0.717, 1.165) is 16.7 Å². The Morgan fingerprint density at radius 1 is 1.29 bits per heavy atom. The number of methoxy groups -OCH3 is 2. The molecule has 0 fully saturated rings. The van der Waals surface area contributed by atoms with Crippen molar-refractivity contribution in [1.82, 2.24) is 5.32 Å². The molecule has 0 aromatic rings. The van der Waals surface area contributed by atoms with Crippen molar-refractivity contribution in [2.75, 3.05) is 25.2 Å². The maximum Gasteiger partial charge on any atom is 0.324 e. The Balaban J connectivity index is 4.84. The fourth-order valence-corrected chi connectivity index (χ4v) is 1.47. The lowest BCUT2D eigenvalue weighted by atomic mass is 10.1. The van der Waals surface area contributed by atoms with Crippen molar-refractivity contribution in [2.24, 2.45) is 5.92 Å². The first-order valence-corrected chi connectivity index (χ1v) is 6.79. The van der Waals surface area contributed by atoms with Crippen LogP contribution in [0.5, 0.6) is 0 Å². The molecule has 0 saturated heterocycles. The second-order valence-electron chi connectivity index (χ2n) is 3.19. The summed E-state index contributed by atoms with van der Waals surface area (Å²) in [6.07, 6.45) is 2.27. The Bertz CT molecular complexity index is 275. The zero-order valence-electron chi connectivity index (χ0n) is 10.3. The first-order valence-electron chi connectivity index (χ1n) is 5.26. The first kappa shape index (κ1) is 16.2. The number of hydrogen-bond donors (Lipinski definition) is 1. The van der Waals surface area contributed by atoms with Gasteiger partial charge in [-0.3, -0.25) is 9.59 Å². The molecular formula is C11H18INO4. The second kappa shape index (κ2) is 9.26. The highest BCUT2D eigenvalue weighted by Crippen LogP contribution is 2.09. The van der Waals surface area contributed by atoms with E-state index in [1.165, 1.54) is 14.2 Å². The third-order valence-corrected chi connectivity index (χ3v) is 2.64. The molecule has 0 spiro atoms. The third-order valence-electron chi connectivity index (χ3n) is 2.11. The van der Waals surface area contributed by atoms with Crippen LogP contribution in [0, 0.1) is 5.92 Å². The van der Waals surface area contributed by atoms with E-state index >= 15 is 0 Å². The molecule has 1 N–H and O–H groups in total. The van der Waals surface area contributed by atoms with Crippen LogP contribution in [-0.4, -0.2) is 37.1 Å². The summed E-state index contributed by atoms with van der Waals surface area (Å²) >= 11 is 2.24. The van der Waals surface area contributed by atoms with Gasteiger partial charge >= 0.3 is 11.9 Å². The number of ether oxygens (including phenoxy) is 2. The summed E-state index contributed by atoms with van der Waals surface area (Å²) in [5.74, 6) is -2.22. The maximum absolute atomic E-state index is 11.4. The SMILES string of the molecule is CCC(=CC(C(=O)OC)C(=O)OC)NCCI. The highest BCUT2D eigenvalue weighted by Gasteiger charge is 2.26. The van der Waals surface area contributed by atoms with Gasteiger partial charge in [-0.25, -0.2) is 0 Å². The molecule has 6 heteroatoms. The van der Waals surface area contributed by atoms with Gasteiger partial charge in [0.25, 0.3) is 0 Å². The van der Waals surface area contributed by atoms with E-state index in [-0.39, 0.29) is 0 Å². The molecule has 0 heterocycles. The van der Waals surface area contributed by atoms with Crippen LogP contribution in [0.1, 0.15) is 13.3 Å². The molecule has 0 atom stereocenters. The lowest BCUT2D eigenvalue weighted by Gasteiger charge is -2.12. The molecule has 0 radical (unpaired) electrons. The van der Waals surface area contributed by atoms with Crippen LogP contribution in [-0.2, 0) is 19.1 Å². The van der Waals surface area contributed by atoms with Crippen molar-refractivity contribution >= 4 is 34.5 Å². The molecule has 0 saturated carbocycles. The van der Waals surface area contributed by atoms with Gasteiger partial charge in [0.15, 0.2) is 5.92 Å². The minimum absolute atomic E-state index is 0.612. The van der Waals surface area contributed by atoms with Gasteiger partial charge in [-0.2, -0.15) is 0 Å². The summed E-state index contributed by atoms with van der Waals surface area (Å²) in [6.45, 7) is 2.73. The summed E-state index contributed by atoms with van der Waals surface area (Å²) in [6, 6.07) is 0. The quantitative estimate of drug-likeness (QED) is 0.323. The molecular weight excluding hydrogens is 337 g/mol. The summed E-state index contributed by atoms with van der Waals surface area (Å²) in [5, 5.41) is 3.15. The standard InChI is InChI=1S/C11H18INO4/c1-4-8(13-6-5-12)7-9(10(14)16-2)11(15)17-3/h7,9,13H,4-6H2,1-3H3. The van der Waals surface area contributed by atoms with E-state index in [4.69, 9.17) is 0 Å². The number of carbonyl (C=O) groups is 2. The number of rotatable bonds is 7. The second-order valence-corrected chi connectivity index (χ2v) is 4.26. The van der Waals surface area contributed by atoms with E-state index in [9.17, 15) is 9.59 Å². The molecule has 0 rings (SSSR count). The number of alkyl halides is 1. The maximum atomic E-state index is 11.4. The van der Waals surface area contributed by atoms with Gasteiger partial charge in [0.2, 0.25) is 0 Å². The smallest absolute Gasteiger partial charge is 0.324 e. The van der Waals surface area contributed by atoms with Crippen LogP contribution in [0.25, 0.3) is 0 Å². The Hall–Kier alpha value is -0.790. The highest BCUT2D eigenvalue weighted by atomic mass is 127. The summed E-state index contributed by atoms with van der Waals surface area (Å²) < 4.78 is 10.1. The highest BCUT2D eigenvalue weighted by molar-refractivity contribution is 14.1. The average molecular weight is 355 g/mol. The molecule has 0 bridgehead atoms. The van der Waals surface area contributed by atoms with Gasteiger partial charge in [0.1, 0.15) is 0 Å². The van der Waals surface area contributed by atoms with Crippen LogP contribution in [0.15, 0.2) is 11.8 Å². The molecule has 0 unspecified atom stereocenters. The lowest BCUT2D eigenvalue weighted by molar-refractivity contribution is -0.156. The molecule has 5 nitrogen and oxygen atoms in total. The number of carbonyl (C=O) groups excluding carboxylic acids is 2. The van der Waals surface area contributed by atoms with Crippen molar-refractivity contribution in [1.29, 1.82) is 0 Å². The van der Waals surface area contributed by atoms with E-state index < -0.39 is 17.9 Å². The van der Waals surface area contributed by atoms with E-state index in [2.05, 4.69) is 37.4 Å². The summed E-state index contributed by atoms with van der Waals surface area (Å²) in [4.78, 5) is 22.9. The van der Waals surface area contributed by atoms with Crippen molar-refractivity contribution in [3.63, 3.8) is 0 Å². The molecule has 0 aliphatic rings. The zero-order valence-corrected chi connectivity index (χ0v) is 12.4. The summed E-state index contributed by atoms with van der Waals surface area (Å²) in [5.41, 5.74) is 0.836. The van der Waals surface area contributed by atoms with Gasteiger partial charge in [0.05, 0.1) is 14.2 Å². The normalized spacial score (nSPS) is 11.2. The van der Waals surface area contributed by atoms with Gasteiger partial charge in [0, 0.05) is 16.7 Å². The molecule has 17 heavy (non-hydrogen) atoms. The topological polar surface area (TPSA) is 64.6 Å². The minimum atomic E-state index is -0.998. The van der Waals surface area contributed by atoms with Gasteiger partial charge < -0.3 is 14.8 Å². The fraction of sp³-hybridized carbons (Fsp3) is 0.636. The Labute approximate surface area is 115 Å². The number of allylic oxidation sites excluding steroid dienone is 1. The molecule has 0 aliphatic carbocycles. The van der Waals surface area contributed by atoms with Crippen LogP contribution >= 0.6 is 22.6 Å². The Morgan fingerprint density at radius 3 is 2.18 bits per heavy atom. The first-order chi connectivity index (χ1) is 8.10. The molecule has 0 amide bonds. The Morgan fingerprint density at radius 2 is 1.82 bits per heavy atom. The Kier molecular flexibility index (Phi) is 8.83. The van der Waals surface area contributed by atoms with Gasteiger partial charge in [-0.1, -0.05) is 29.5 Å². The van der Waals surface area contributed by atoms with Crippen LogP contribution in [0.3, 0.4) is 0 Å². The minimum Gasteiger partial charge on any atom is -0.468 e. The fourth-order valence-electron chi connectivity index (χ4n) is 1.20. The van der Waals surface area contributed by atoms with Crippen LogP contribution in [0.2, 0.25) is 0 Å². The van der Waals surface area contributed by atoms with Gasteiger partial charge in [-0.15, -0.1) is 0 Å². The molecule has 0 aromatic heterocycles. The monoisotopic (exact) mass is 355 g/mol. The van der Waals surface area contributed by atoms with Crippen LogP contribution < -0.4 is 5.32 Å². The van der Waals surface area contributed by atoms with Crippen LogP contribution in [0.4, 0.5) is 0 Å². The molecule has 98 valence electrons. The predicted octanol–water partition coefficient (Wildman–Crippen LogP) is 1.27. The van der Waals surface area contributed by atoms with Crippen molar-refractivity contribution in [3.8, 4) is 0 Å². The third kappa shape index (κ3) is 5.90. The summed E-state index contributed by atoms with van der Waals surface area (Å²) in [7, 11) is 2.49. The zero-order chi connectivity index (χ0) is 13.3. The lowest BCUT2D eigenvalue weighted by Crippen LogP contribution is -2.27. The van der Waals surface area contributed by atoms with Crippen molar-refractivity contribution in [2.45, 2.75) is 13.3 Å². The van der Waals surface area contributed by atoms with E-state index in [1.54, 1.807) is 6.08 Å². The van der Waals surface area contributed by atoms with Crippen molar-refractivity contribution in [3.05, 3.63) is 11.8 Å². The number of hydrogen-bond acceptors (Lipinski definition) is 5. The number of esters is 2. The predicted molar refractivity (Wildman–Crippen MR) is 72.8 cm³/mol. The largest absolute Gasteiger partial charge is 0.468 e. The van der Waals surface area contributed by atoms with Crippen molar-refractivity contribution < 1.29 is 19.1 Å². The molecule has 0 aliphatic heterocycles. The molecule has 0 aromatic carbocycles. The average Bonchev–Trinajstić information content (AvgIpc) is 2.37. The van der Waals surface area contributed by atoms with E-state index in [1.807, 2.05) is 6.92 Å². The number of halogens is 1. The van der Waals surface area contributed by atoms with E-state index in [0.29, 0.717) is 6.42 Å². The van der Waals surface area contributed by atoms with Gasteiger partial charge in [-0.05, 0) is 12.5 Å².